The summed E-state index contributed by atoms with van der Waals surface area (Å²) in [7, 11) is 1.10. The van der Waals surface area contributed by atoms with Gasteiger partial charge in [-0.3, -0.25) is 0 Å². The fourth-order valence-electron chi connectivity index (χ4n) is 1.77. The van der Waals surface area contributed by atoms with Gasteiger partial charge in [-0.25, -0.2) is 18.6 Å². The monoisotopic (exact) mass is 394 g/mol. The molecule has 128 valence electrons. The lowest BCUT2D eigenvalue weighted by atomic mass is 10.1. The third-order valence-electron chi connectivity index (χ3n) is 2.83. The summed E-state index contributed by atoms with van der Waals surface area (Å²) in [6.07, 6.45) is -1.06. The van der Waals surface area contributed by atoms with E-state index in [4.69, 9.17) is 33.7 Å². The molecule has 0 aliphatic rings. The molecule has 0 aliphatic carbocycles. The normalized spacial score (nSPS) is 10.5. The number of nitrogens with two attached hydrogens (primary N) is 1. The molecule has 0 unspecified atom stereocenters. The van der Waals surface area contributed by atoms with E-state index in [0.29, 0.717) is 11.8 Å². The number of carbonyl (C=O) groups excluding carboxylic acids is 1. The first kappa shape index (κ1) is 18.6. The van der Waals surface area contributed by atoms with Crippen LogP contribution < -0.4 is 10.5 Å². The zero-order valence-corrected chi connectivity index (χ0v) is 14.4. The average Bonchev–Trinajstić information content (AvgIpc) is 2.55. The molecule has 0 amide bonds. The van der Waals surface area contributed by atoms with Crippen molar-refractivity contribution in [1.29, 1.82) is 0 Å². The Balaban J connectivity index is 2.57. The lowest BCUT2D eigenvalue weighted by molar-refractivity contribution is 0.120. The van der Waals surface area contributed by atoms with Gasteiger partial charge in [-0.05, 0) is 18.2 Å². The maximum absolute atomic E-state index is 14.6. The molecule has 0 atom stereocenters. The predicted molar refractivity (Wildman–Crippen MR) is 88.9 cm³/mol. The molecule has 10 heteroatoms. The number of carbonyl (C=O) groups is 1. The van der Waals surface area contributed by atoms with E-state index < -0.39 is 18.0 Å². The molecule has 0 fully saturated rings. The number of benzene rings is 1. The Bertz CT molecular complexity index is 793. The number of anilines is 1. The molecule has 0 radical (unpaired) electrons. The quantitative estimate of drug-likeness (QED) is 0.584. The van der Waals surface area contributed by atoms with Crippen LogP contribution >= 0.6 is 35.0 Å². The van der Waals surface area contributed by atoms with Gasteiger partial charge in [0.15, 0.2) is 0 Å². The molecule has 1 aromatic heterocycles. The van der Waals surface area contributed by atoms with Gasteiger partial charge in [-0.15, -0.1) is 0 Å². The summed E-state index contributed by atoms with van der Waals surface area (Å²) in [5.74, 6) is -1.11. The van der Waals surface area contributed by atoms with Gasteiger partial charge in [-0.1, -0.05) is 35.0 Å². The van der Waals surface area contributed by atoms with Crippen molar-refractivity contribution >= 4 is 46.8 Å². The van der Waals surface area contributed by atoms with E-state index in [0.717, 1.165) is 7.11 Å². The molecule has 2 aromatic rings. The van der Waals surface area contributed by atoms with Crippen LogP contribution in [0.3, 0.4) is 0 Å². The minimum Gasteiger partial charge on any atom is -0.437 e. The zero-order valence-electron chi connectivity index (χ0n) is 12.1. The van der Waals surface area contributed by atoms with E-state index in [9.17, 15) is 13.6 Å². The van der Waals surface area contributed by atoms with Gasteiger partial charge in [0.25, 0.3) is 0 Å². The first-order valence-electron chi connectivity index (χ1n) is 6.28. The summed E-state index contributed by atoms with van der Waals surface area (Å²) in [5, 5.41) is -0.0660. The number of halogens is 4. The summed E-state index contributed by atoms with van der Waals surface area (Å²) < 4.78 is 36.3. The number of alkyl halides is 1. The first-order valence-corrected chi connectivity index (χ1v) is 8.02. The molecule has 0 saturated carbocycles. The van der Waals surface area contributed by atoms with E-state index in [1.807, 2.05) is 0 Å². The van der Waals surface area contributed by atoms with E-state index in [-0.39, 0.29) is 37.8 Å². The number of rotatable bonds is 4. The van der Waals surface area contributed by atoms with E-state index in [1.165, 1.54) is 18.2 Å². The Hall–Kier alpha value is -1.77. The number of thioether (sulfide) groups is 1. The van der Waals surface area contributed by atoms with Gasteiger partial charge in [-0.2, -0.15) is 0 Å². The van der Waals surface area contributed by atoms with Crippen molar-refractivity contribution in [1.82, 2.24) is 4.98 Å². The number of nitrogens with zero attached hydrogens (tertiary/aromatic N) is 1. The number of nitrogen functional groups attached to an aromatic ring is 1. The molecule has 0 saturated heterocycles. The lowest BCUT2D eigenvalue weighted by Gasteiger charge is -2.12. The zero-order chi connectivity index (χ0) is 17.9. The summed E-state index contributed by atoms with van der Waals surface area (Å²) in [5.41, 5.74) is 5.77. The first-order chi connectivity index (χ1) is 11.4. The number of hydrogen-bond donors (Lipinski definition) is 1. The number of methoxy groups -OCH3 is 1. The van der Waals surface area contributed by atoms with Gasteiger partial charge in [0.1, 0.15) is 16.8 Å². The van der Waals surface area contributed by atoms with Gasteiger partial charge in [0.05, 0.1) is 28.4 Å². The average molecular weight is 395 g/mol. The minimum absolute atomic E-state index is 0.00608. The summed E-state index contributed by atoms with van der Waals surface area (Å²) >= 11 is 12.4. The molecular formula is C14H10Cl2F2N2O3S. The molecule has 1 heterocycles. The summed E-state index contributed by atoms with van der Waals surface area (Å²) in [4.78, 5) is 15.1. The fourth-order valence-corrected chi connectivity index (χ4v) is 2.76. The van der Waals surface area contributed by atoms with Crippen molar-refractivity contribution in [2.24, 2.45) is 0 Å². The third kappa shape index (κ3) is 3.82. The highest BCUT2D eigenvalue weighted by atomic mass is 35.5. The Morgan fingerprint density at radius 3 is 2.75 bits per heavy atom. The highest BCUT2D eigenvalue weighted by molar-refractivity contribution is 7.99. The van der Waals surface area contributed by atoms with Gasteiger partial charge < -0.3 is 15.2 Å². The van der Waals surface area contributed by atoms with Crippen LogP contribution in [0.4, 0.5) is 19.3 Å². The van der Waals surface area contributed by atoms with Crippen LogP contribution in [0.5, 0.6) is 5.88 Å². The molecule has 0 aliphatic heterocycles. The van der Waals surface area contributed by atoms with Crippen LogP contribution in [-0.2, 0) is 4.74 Å². The predicted octanol–water partition coefficient (Wildman–Crippen LogP) is 4.94. The maximum atomic E-state index is 14.6. The van der Waals surface area contributed by atoms with E-state index >= 15 is 0 Å². The second-order valence-corrected chi connectivity index (χ2v) is 5.96. The molecule has 0 bridgehead atoms. The Kier molecular flexibility index (Phi) is 6.09. The minimum atomic E-state index is -1.06. The summed E-state index contributed by atoms with van der Waals surface area (Å²) in [6, 6.07) is 3.18. The smallest absolute Gasteiger partial charge is 0.437 e. The standard InChI is InChI=1S/C14H10Cl2F2N2O3S/c1-22-14(21)23-13-10(16)8(19)4-9(20-13)6-2-3-7(15)12(11(6)18)24-5-17/h2-4H,5H2,1H3,(H2,19,20). The third-order valence-corrected chi connectivity index (χ3v) is 4.43. The Morgan fingerprint density at radius 1 is 1.42 bits per heavy atom. The maximum Gasteiger partial charge on any atom is 0.514 e. The number of hydrogen-bond acceptors (Lipinski definition) is 6. The largest absolute Gasteiger partial charge is 0.514 e. The van der Waals surface area contributed by atoms with Crippen LogP contribution in [0.2, 0.25) is 10.0 Å². The van der Waals surface area contributed by atoms with Crippen LogP contribution in [0.25, 0.3) is 11.3 Å². The fraction of sp³-hybridized carbons (Fsp3) is 0.143. The van der Waals surface area contributed by atoms with Crippen molar-refractivity contribution in [3.8, 4) is 17.1 Å². The molecule has 0 spiro atoms. The molecule has 24 heavy (non-hydrogen) atoms. The van der Waals surface area contributed by atoms with Crippen molar-refractivity contribution < 1.29 is 23.0 Å². The topological polar surface area (TPSA) is 74.4 Å². The second kappa shape index (κ2) is 7.87. The molecule has 2 N–H and O–H groups in total. The SMILES string of the molecule is COC(=O)Oc1nc(-c2ccc(Cl)c(SCF)c2F)cc(N)c1Cl. The highest BCUT2D eigenvalue weighted by Gasteiger charge is 2.19. The number of ether oxygens (including phenoxy) is 2. The van der Waals surface area contributed by atoms with Crippen LogP contribution in [0, 0.1) is 5.82 Å². The van der Waals surface area contributed by atoms with Gasteiger partial charge in [0.2, 0.25) is 5.88 Å². The van der Waals surface area contributed by atoms with E-state index in [1.54, 1.807) is 0 Å². The van der Waals surface area contributed by atoms with E-state index in [2.05, 4.69) is 9.72 Å². The van der Waals surface area contributed by atoms with Crippen molar-refractivity contribution in [2.75, 3.05) is 18.9 Å². The molecular weight excluding hydrogens is 385 g/mol. The van der Waals surface area contributed by atoms with Crippen LogP contribution in [0.15, 0.2) is 23.1 Å². The molecule has 2 rings (SSSR count). The van der Waals surface area contributed by atoms with Crippen molar-refractivity contribution in [2.45, 2.75) is 4.90 Å². The van der Waals surface area contributed by atoms with Crippen molar-refractivity contribution in [3.05, 3.63) is 34.1 Å². The van der Waals surface area contributed by atoms with Gasteiger partial charge >= 0.3 is 6.16 Å². The Labute approximate surface area is 150 Å². The molecule has 5 nitrogen and oxygen atoms in total. The number of aromatic nitrogens is 1. The van der Waals surface area contributed by atoms with Crippen LogP contribution in [0.1, 0.15) is 0 Å². The summed E-state index contributed by atoms with van der Waals surface area (Å²) in [6.45, 7) is 0. The molecule has 1 aromatic carbocycles. The number of pyridine rings is 1. The second-order valence-electron chi connectivity index (χ2n) is 4.26. The van der Waals surface area contributed by atoms with Crippen LogP contribution in [-0.4, -0.2) is 24.3 Å². The van der Waals surface area contributed by atoms with Gasteiger partial charge in [0, 0.05) is 5.56 Å². The highest BCUT2D eigenvalue weighted by Crippen LogP contribution is 2.38. The lowest BCUT2D eigenvalue weighted by Crippen LogP contribution is -2.10. The Morgan fingerprint density at radius 2 is 2.12 bits per heavy atom. The van der Waals surface area contributed by atoms with Crippen molar-refractivity contribution in [3.63, 3.8) is 0 Å².